The van der Waals surface area contributed by atoms with Crippen LogP contribution in [0.3, 0.4) is 0 Å². The molecule has 0 spiro atoms. The SMILES string of the molecule is CCC(C)NC(=O)CN1CCN(S(=O)(=O)c2cccc(Br)c2)CC1. The van der Waals surface area contributed by atoms with E-state index in [4.69, 9.17) is 0 Å². The fourth-order valence-corrected chi connectivity index (χ4v) is 4.55. The van der Waals surface area contributed by atoms with Crippen molar-refractivity contribution in [3.8, 4) is 0 Å². The van der Waals surface area contributed by atoms with E-state index in [1.165, 1.54) is 4.31 Å². The predicted octanol–water partition coefficient (Wildman–Crippen LogP) is 1.67. The summed E-state index contributed by atoms with van der Waals surface area (Å²) in [5.41, 5.74) is 0. The van der Waals surface area contributed by atoms with E-state index in [-0.39, 0.29) is 11.9 Å². The van der Waals surface area contributed by atoms with Crippen molar-refractivity contribution in [1.29, 1.82) is 0 Å². The van der Waals surface area contributed by atoms with Crippen LogP contribution in [0.15, 0.2) is 33.6 Å². The van der Waals surface area contributed by atoms with Crippen LogP contribution in [0.25, 0.3) is 0 Å². The standard InChI is InChI=1S/C16H24BrN3O3S/c1-3-13(2)18-16(21)12-19-7-9-20(10-8-19)24(22,23)15-6-4-5-14(17)11-15/h4-6,11,13H,3,7-10,12H2,1-2H3,(H,18,21). The molecule has 6 nitrogen and oxygen atoms in total. The molecule has 0 radical (unpaired) electrons. The molecular formula is C16H24BrN3O3S. The number of carbonyl (C=O) groups is 1. The van der Waals surface area contributed by atoms with Crippen molar-refractivity contribution in [3.05, 3.63) is 28.7 Å². The molecule has 1 saturated heterocycles. The van der Waals surface area contributed by atoms with Crippen molar-refractivity contribution in [2.45, 2.75) is 31.2 Å². The van der Waals surface area contributed by atoms with Crippen LogP contribution < -0.4 is 5.32 Å². The van der Waals surface area contributed by atoms with Gasteiger partial charge in [0, 0.05) is 36.7 Å². The van der Waals surface area contributed by atoms with Crippen molar-refractivity contribution in [1.82, 2.24) is 14.5 Å². The Labute approximate surface area is 152 Å². The number of halogens is 1. The third kappa shape index (κ3) is 5.02. The molecule has 1 atom stereocenters. The maximum absolute atomic E-state index is 12.7. The average Bonchev–Trinajstić information content (AvgIpc) is 2.55. The summed E-state index contributed by atoms with van der Waals surface area (Å²) in [5.74, 6) is -0.00681. The van der Waals surface area contributed by atoms with Crippen LogP contribution in [0, 0.1) is 0 Å². The number of hydrogen-bond donors (Lipinski definition) is 1. The summed E-state index contributed by atoms with van der Waals surface area (Å²) in [5, 5.41) is 2.93. The first kappa shape index (κ1) is 19.4. The van der Waals surface area contributed by atoms with Gasteiger partial charge in [0.25, 0.3) is 0 Å². The number of benzene rings is 1. The van der Waals surface area contributed by atoms with Gasteiger partial charge in [0.1, 0.15) is 0 Å². The van der Waals surface area contributed by atoms with Crippen LogP contribution in [0.4, 0.5) is 0 Å². The number of carbonyl (C=O) groups excluding carboxylic acids is 1. The second-order valence-corrected chi connectivity index (χ2v) is 8.87. The molecule has 1 heterocycles. The Balaban J connectivity index is 1.91. The molecule has 1 aliphatic heterocycles. The molecule has 1 aliphatic rings. The number of rotatable bonds is 6. The minimum absolute atomic E-state index is 0.00681. The normalized spacial score (nSPS) is 18.3. The molecule has 2 rings (SSSR count). The number of hydrogen-bond acceptors (Lipinski definition) is 4. The minimum atomic E-state index is -3.48. The van der Waals surface area contributed by atoms with E-state index >= 15 is 0 Å². The van der Waals surface area contributed by atoms with Gasteiger partial charge in [-0.2, -0.15) is 4.31 Å². The number of nitrogens with zero attached hydrogens (tertiary/aromatic N) is 2. The molecule has 0 saturated carbocycles. The highest BCUT2D eigenvalue weighted by atomic mass is 79.9. The van der Waals surface area contributed by atoms with Gasteiger partial charge in [0.05, 0.1) is 11.4 Å². The van der Waals surface area contributed by atoms with Crippen LogP contribution >= 0.6 is 15.9 Å². The topological polar surface area (TPSA) is 69.7 Å². The second kappa shape index (κ2) is 8.42. The van der Waals surface area contributed by atoms with Crippen molar-refractivity contribution < 1.29 is 13.2 Å². The van der Waals surface area contributed by atoms with Gasteiger partial charge in [0.15, 0.2) is 0 Å². The number of amides is 1. The first-order valence-electron chi connectivity index (χ1n) is 8.10. The van der Waals surface area contributed by atoms with Crippen molar-refractivity contribution >= 4 is 31.9 Å². The number of sulfonamides is 1. The van der Waals surface area contributed by atoms with Crippen LogP contribution in [-0.4, -0.2) is 62.3 Å². The summed E-state index contributed by atoms with van der Waals surface area (Å²) in [6, 6.07) is 6.89. The molecule has 1 aromatic carbocycles. The molecule has 0 aliphatic carbocycles. The van der Waals surface area contributed by atoms with Crippen LogP contribution in [0.2, 0.25) is 0 Å². The van der Waals surface area contributed by atoms with Crippen molar-refractivity contribution in [2.24, 2.45) is 0 Å². The number of piperazine rings is 1. The Hall–Kier alpha value is -0.960. The third-order valence-electron chi connectivity index (χ3n) is 4.15. The summed E-state index contributed by atoms with van der Waals surface area (Å²) in [7, 11) is -3.48. The molecule has 1 fully saturated rings. The average molecular weight is 418 g/mol. The van der Waals surface area contributed by atoms with E-state index < -0.39 is 10.0 Å². The van der Waals surface area contributed by atoms with Gasteiger partial charge in [0.2, 0.25) is 15.9 Å². The monoisotopic (exact) mass is 417 g/mol. The third-order valence-corrected chi connectivity index (χ3v) is 6.54. The fourth-order valence-electron chi connectivity index (χ4n) is 2.53. The molecule has 1 N–H and O–H groups in total. The lowest BCUT2D eigenvalue weighted by molar-refractivity contribution is -0.123. The Morgan fingerprint density at radius 3 is 2.54 bits per heavy atom. The summed E-state index contributed by atoms with van der Waals surface area (Å²) in [6.45, 7) is 6.21. The van der Waals surface area contributed by atoms with Crippen molar-refractivity contribution in [2.75, 3.05) is 32.7 Å². The zero-order valence-electron chi connectivity index (χ0n) is 14.0. The lowest BCUT2D eigenvalue weighted by Gasteiger charge is -2.33. The Bertz CT molecular complexity index is 673. The van der Waals surface area contributed by atoms with Gasteiger partial charge >= 0.3 is 0 Å². The largest absolute Gasteiger partial charge is 0.353 e. The maximum Gasteiger partial charge on any atom is 0.243 e. The molecule has 8 heteroatoms. The van der Waals surface area contributed by atoms with Crippen LogP contribution in [-0.2, 0) is 14.8 Å². The van der Waals surface area contributed by atoms with Gasteiger partial charge < -0.3 is 5.32 Å². The highest BCUT2D eigenvalue weighted by molar-refractivity contribution is 9.10. The van der Waals surface area contributed by atoms with Gasteiger partial charge in [-0.1, -0.05) is 28.9 Å². The molecule has 24 heavy (non-hydrogen) atoms. The first-order valence-corrected chi connectivity index (χ1v) is 10.3. The lowest BCUT2D eigenvalue weighted by Crippen LogP contribution is -2.51. The fraction of sp³-hybridized carbons (Fsp3) is 0.562. The summed E-state index contributed by atoms with van der Waals surface area (Å²) in [6.07, 6.45) is 0.893. The summed E-state index contributed by atoms with van der Waals surface area (Å²) in [4.78, 5) is 14.2. The smallest absolute Gasteiger partial charge is 0.243 e. The second-order valence-electron chi connectivity index (χ2n) is 6.01. The Morgan fingerprint density at radius 1 is 1.29 bits per heavy atom. The quantitative estimate of drug-likeness (QED) is 0.763. The summed E-state index contributed by atoms with van der Waals surface area (Å²) < 4.78 is 27.5. The zero-order chi connectivity index (χ0) is 17.7. The molecule has 0 aromatic heterocycles. The number of nitrogens with one attached hydrogen (secondary N) is 1. The Kier molecular flexibility index (Phi) is 6.79. The molecule has 134 valence electrons. The van der Waals surface area contributed by atoms with E-state index in [0.29, 0.717) is 37.6 Å². The Morgan fingerprint density at radius 2 is 1.96 bits per heavy atom. The molecule has 1 aromatic rings. The van der Waals surface area contributed by atoms with E-state index in [1.54, 1.807) is 24.3 Å². The van der Waals surface area contributed by atoms with Gasteiger partial charge in [-0.3, -0.25) is 9.69 Å². The van der Waals surface area contributed by atoms with Crippen LogP contribution in [0.1, 0.15) is 20.3 Å². The predicted molar refractivity (Wildman–Crippen MR) is 97.2 cm³/mol. The van der Waals surface area contributed by atoms with Gasteiger partial charge in [-0.25, -0.2) is 8.42 Å². The molecule has 1 amide bonds. The van der Waals surface area contributed by atoms with Crippen LogP contribution in [0.5, 0.6) is 0 Å². The molecular weight excluding hydrogens is 394 g/mol. The minimum Gasteiger partial charge on any atom is -0.353 e. The highest BCUT2D eigenvalue weighted by Gasteiger charge is 2.29. The van der Waals surface area contributed by atoms with Crippen molar-refractivity contribution in [3.63, 3.8) is 0 Å². The summed E-state index contributed by atoms with van der Waals surface area (Å²) >= 11 is 3.31. The first-order chi connectivity index (χ1) is 11.3. The van der Waals surface area contributed by atoms with Gasteiger partial charge in [-0.15, -0.1) is 0 Å². The van der Waals surface area contributed by atoms with Gasteiger partial charge in [-0.05, 0) is 31.5 Å². The molecule has 1 unspecified atom stereocenters. The lowest BCUT2D eigenvalue weighted by atomic mass is 10.2. The maximum atomic E-state index is 12.7. The molecule has 0 bridgehead atoms. The van der Waals surface area contributed by atoms with E-state index in [0.717, 1.165) is 10.9 Å². The van der Waals surface area contributed by atoms with E-state index in [1.807, 2.05) is 18.7 Å². The highest BCUT2D eigenvalue weighted by Crippen LogP contribution is 2.21. The van der Waals surface area contributed by atoms with E-state index in [9.17, 15) is 13.2 Å². The zero-order valence-corrected chi connectivity index (χ0v) is 16.4. The van der Waals surface area contributed by atoms with E-state index in [2.05, 4.69) is 21.2 Å².